The lowest BCUT2D eigenvalue weighted by atomic mass is 10.2. The van der Waals surface area contributed by atoms with Gasteiger partial charge >= 0.3 is 0 Å². The summed E-state index contributed by atoms with van der Waals surface area (Å²) < 4.78 is 31.4. The van der Waals surface area contributed by atoms with Crippen molar-refractivity contribution in [1.82, 2.24) is 19.1 Å². The van der Waals surface area contributed by atoms with Gasteiger partial charge in [-0.25, -0.2) is 8.42 Å². The Labute approximate surface area is 221 Å². The summed E-state index contributed by atoms with van der Waals surface area (Å²) in [7, 11) is -3.78. The van der Waals surface area contributed by atoms with Crippen molar-refractivity contribution in [3.63, 3.8) is 0 Å². The molecule has 0 amide bonds. The lowest BCUT2D eigenvalue weighted by Gasteiger charge is -2.23. The Morgan fingerprint density at radius 2 is 1.32 bits per heavy atom. The van der Waals surface area contributed by atoms with Gasteiger partial charge in [0.2, 0.25) is 10.0 Å². The summed E-state index contributed by atoms with van der Waals surface area (Å²) in [6.07, 6.45) is 0. The minimum atomic E-state index is -3.78. The lowest BCUT2D eigenvalue weighted by molar-refractivity contribution is 0.401. The molecule has 37 heavy (non-hydrogen) atoms. The molecule has 0 atom stereocenters. The first-order chi connectivity index (χ1) is 17.9. The van der Waals surface area contributed by atoms with E-state index in [1.807, 2.05) is 96.4 Å². The van der Waals surface area contributed by atoms with Crippen molar-refractivity contribution in [2.24, 2.45) is 0 Å². The molecular weight excluding hydrogens is 500 g/mol. The Bertz CT molecular complexity index is 1600. The molecule has 5 aromatic rings. The van der Waals surface area contributed by atoms with E-state index >= 15 is 0 Å². The summed E-state index contributed by atoms with van der Waals surface area (Å²) in [4.78, 5) is 0.221. The second-order valence-electron chi connectivity index (χ2n) is 8.79. The SMILES string of the molecule is Cc1ccc(-n2c(-c3ccc(S(=O)(=O)N(Cc4ccccc4)Cc4ccccc4)cc3)n[nH]c2=S)cc1. The molecule has 5 rings (SSSR count). The fourth-order valence-electron chi connectivity index (χ4n) is 4.15. The van der Waals surface area contributed by atoms with Crippen molar-refractivity contribution in [2.45, 2.75) is 24.9 Å². The van der Waals surface area contributed by atoms with Crippen LogP contribution >= 0.6 is 12.2 Å². The first-order valence-electron chi connectivity index (χ1n) is 11.8. The standard InChI is InChI=1S/C29H26N4O2S2/c1-22-12-16-26(17-13-22)33-28(30-31-29(33)36)25-14-18-27(19-15-25)37(34,35)32(20-23-8-4-2-5-9-23)21-24-10-6-3-7-11-24/h2-19H,20-21H2,1H3,(H,31,36). The first-order valence-corrected chi connectivity index (χ1v) is 13.7. The van der Waals surface area contributed by atoms with Gasteiger partial charge in [-0.05, 0) is 66.7 Å². The zero-order chi connectivity index (χ0) is 25.8. The third-order valence-corrected chi connectivity index (χ3v) is 8.20. The summed E-state index contributed by atoms with van der Waals surface area (Å²) in [5, 5.41) is 7.27. The predicted molar refractivity (Wildman–Crippen MR) is 148 cm³/mol. The van der Waals surface area contributed by atoms with Crippen molar-refractivity contribution in [2.75, 3.05) is 0 Å². The average Bonchev–Trinajstić information content (AvgIpc) is 3.31. The number of aromatic nitrogens is 3. The molecule has 1 heterocycles. The van der Waals surface area contributed by atoms with Gasteiger partial charge < -0.3 is 0 Å². The normalized spacial score (nSPS) is 11.6. The second-order valence-corrected chi connectivity index (χ2v) is 11.1. The van der Waals surface area contributed by atoms with E-state index in [0.29, 0.717) is 10.6 Å². The number of nitrogens with one attached hydrogen (secondary N) is 1. The van der Waals surface area contributed by atoms with Gasteiger partial charge in [0.1, 0.15) is 0 Å². The molecule has 0 spiro atoms. The molecule has 0 fully saturated rings. The molecule has 4 aromatic carbocycles. The van der Waals surface area contributed by atoms with Crippen molar-refractivity contribution in [3.8, 4) is 17.1 Å². The maximum atomic E-state index is 13.8. The molecule has 6 nitrogen and oxygen atoms in total. The Kier molecular flexibility index (Phi) is 7.14. The molecule has 8 heteroatoms. The summed E-state index contributed by atoms with van der Waals surface area (Å²) in [5.74, 6) is 0.614. The zero-order valence-corrected chi connectivity index (χ0v) is 21.9. The van der Waals surface area contributed by atoms with Crippen molar-refractivity contribution in [3.05, 3.63) is 131 Å². The molecule has 1 N–H and O–H groups in total. The highest BCUT2D eigenvalue weighted by atomic mass is 32.2. The van der Waals surface area contributed by atoms with Crippen molar-refractivity contribution in [1.29, 1.82) is 0 Å². The van der Waals surface area contributed by atoms with Gasteiger partial charge in [0.05, 0.1) is 4.90 Å². The minimum absolute atomic E-state index is 0.221. The highest BCUT2D eigenvalue weighted by Gasteiger charge is 2.25. The number of H-pyrrole nitrogens is 1. The van der Waals surface area contributed by atoms with E-state index < -0.39 is 10.0 Å². The molecule has 0 saturated heterocycles. The number of hydrogen-bond acceptors (Lipinski definition) is 4. The molecule has 0 saturated carbocycles. The van der Waals surface area contributed by atoms with Gasteiger partial charge in [0, 0.05) is 24.3 Å². The molecule has 0 aliphatic rings. The van der Waals surface area contributed by atoms with Gasteiger partial charge in [0.15, 0.2) is 10.6 Å². The molecule has 186 valence electrons. The van der Waals surface area contributed by atoms with E-state index in [2.05, 4.69) is 10.2 Å². The maximum absolute atomic E-state index is 13.8. The highest BCUT2D eigenvalue weighted by molar-refractivity contribution is 7.89. The minimum Gasteiger partial charge on any atom is -0.268 e. The van der Waals surface area contributed by atoms with Crippen LogP contribution in [0.15, 0.2) is 114 Å². The molecule has 0 radical (unpaired) electrons. The first kappa shape index (κ1) is 24.8. The van der Waals surface area contributed by atoms with E-state index in [4.69, 9.17) is 12.2 Å². The summed E-state index contributed by atoms with van der Waals surface area (Å²) in [6, 6.07) is 34.0. The molecule has 1 aromatic heterocycles. The average molecular weight is 527 g/mol. The van der Waals surface area contributed by atoms with Gasteiger partial charge in [0.25, 0.3) is 0 Å². The number of sulfonamides is 1. The van der Waals surface area contributed by atoms with Crippen molar-refractivity contribution < 1.29 is 8.42 Å². The van der Waals surface area contributed by atoms with E-state index in [-0.39, 0.29) is 18.0 Å². The Morgan fingerprint density at radius 1 is 0.784 bits per heavy atom. The molecule has 0 aliphatic carbocycles. The van der Waals surface area contributed by atoms with E-state index in [0.717, 1.165) is 27.9 Å². The van der Waals surface area contributed by atoms with Crippen LogP contribution in [0.4, 0.5) is 0 Å². The molecule has 0 bridgehead atoms. The van der Waals surface area contributed by atoms with E-state index in [9.17, 15) is 8.42 Å². The van der Waals surface area contributed by atoms with Gasteiger partial charge in [-0.2, -0.15) is 9.40 Å². The molecule has 0 aliphatic heterocycles. The maximum Gasteiger partial charge on any atom is 0.243 e. The largest absolute Gasteiger partial charge is 0.268 e. The predicted octanol–water partition coefficient (Wildman–Crippen LogP) is 6.30. The van der Waals surface area contributed by atoms with Gasteiger partial charge in [-0.15, -0.1) is 0 Å². The number of benzene rings is 4. The number of rotatable bonds is 8. The highest BCUT2D eigenvalue weighted by Crippen LogP contribution is 2.26. The number of nitrogens with zero attached hydrogens (tertiary/aromatic N) is 3. The third-order valence-electron chi connectivity index (χ3n) is 6.12. The van der Waals surface area contributed by atoms with Gasteiger partial charge in [-0.3, -0.25) is 9.67 Å². The van der Waals surface area contributed by atoms with Crippen LogP contribution in [0, 0.1) is 11.7 Å². The van der Waals surface area contributed by atoms with Crippen LogP contribution in [0.3, 0.4) is 0 Å². The number of aromatic amines is 1. The topological polar surface area (TPSA) is 71.0 Å². The Balaban J connectivity index is 1.48. The Hall–Kier alpha value is -3.85. The zero-order valence-electron chi connectivity index (χ0n) is 20.3. The van der Waals surface area contributed by atoms with Crippen LogP contribution < -0.4 is 0 Å². The Morgan fingerprint density at radius 3 is 1.86 bits per heavy atom. The van der Waals surface area contributed by atoms with Crippen LogP contribution in [0.1, 0.15) is 16.7 Å². The van der Waals surface area contributed by atoms with Crippen LogP contribution in [0.5, 0.6) is 0 Å². The van der Waals surface area contributed by atoms with Gasteiger partial charge in [-0.1, -0.05) is 78.4 Å². The van der Waals surface area contributed by atoms with Crippen molar-refractivity contribution >= 4 is 22.2 Å². The molecular formula is C29H26N4O2S2. The fourth-order valence-corrected chi connectivity index (χ4v) is 5.80. The summed E-state index contributed by atoms with van der Waals surface area (Å²) >= 11 is 5.47. The quantitative estimate of drug-likeness (QED) is 0.241. The summed E-state index contributed by atoms with van der Waals surface area (Å²) in [6.45, 7) is 2.56. The number of aryl methyl sites for hydroxylation is 1. The van der Waals surface area contributed by atoms with Crippen LogP contribution in [-0.2, 0) is 23.1 Å². The fraction of sp³-hybridized carbons (Fsp3) is 0.103. The smallest absolute Gasteiger partial charge is 0.243 e. The van der Waals surface area contributed by atoms with Crippen LogP contribution in [-0.4, -0.2) is 27.5 Å². The van der Waals surface area contributed by atoms with E-state index in [1.165, 1.54) is 4.31 Å². The molecule has 0 unspecified atom stereocenters. The number of hydrogen-bond donors (Lipinski definition) is 1. The van der Waals surface area contributed by atoms with Crippen LogP contribution in [0.2, 0.25) is 0 Å². The monoisotopic (exact) mass is 526 g/mol. The van der Waals surface area contributed by atoms with Crippen LogP contribution in [0.25, 0.3) is 17.1 Å². The summed E-state index contributed by atoms with van der Waals surface area (Å²) in [5.41, 5.74) is 4.63. The van der Waals surface area contributed by atoms with E-state index in [1.54, 1.807) is 24.3 Å². The lowest BCUT2D eigenvalue weighted by Crippen LogP contribution is -2.30. The third kappa shape index (κ3) is 5.46. The second kappa shape index (κ2) is 10.6.